The van der Waals surface area contributed by atoms with Gasteiger partial charge in [-0.05, 0) is 48.7 Å². The Morgan fingerprint density at radius 2 is 1.70 bits per heavy atom. The molecule has 146 valence electrons. The van der Waals surface area contributed by atoms with Gasteiger partial charge in [0.2, 0.25) is 5.78 Å². The predicted molar refractivity (Wildman–Crippen MR) is 107 cm³/mol. The number of carbonyl (C=O) groups excluding carboxylic acids is 3. The molecule has 2 N–H and O–H groups in total. The standard InChI is InChI=1S/C24H16N2O4/c25-11-12-4-6-13(7-5-12)19-20-17(2-1-3-18(20)28)26-22-21(19)23(29)15-9-8-14(27)10-16(15)24(22)30/h4-10,19,26-27H,1-3H2. The van der Waals surface area contributed by atoms with Crippen molar-refractivity contribution in [2.45, 2.75) is 25.2 Å². The zero-order chi connectivity index (χ0) is 21.0. The lowest BCUT2D eigenvalue weighted by Gasteiger charge is -2.36. The number of ketones is 3. The van der Waals surface area contributed by atoms with E-state index in [1.807, 2.05) is 0 Å². The van der Waals surface area contributed by atoms with E-state index in [-0.39, 0.29) is 45.5 Å². The van der Waals surface area contributed by atoms with E-state index in [9.17, 15) is 19.5 Å². The molecule has 1 aliphatic heterocycles. The summed E-state index contributed by atoms with van der Waals surface area (Å²) in [5.41, 5.74) is 3.13. The van der Waals surface area contributed by atoms with Gasteiger partial charge in [0, 0.05) is 40.3 Å². The maximum absolute atomic E-state index is 13.5. The lowest BCUT2D eigenvalue weighted by molar-refractivity contribution is -0.116. The van der Waals surface area contributed by atoms with Crippen LogP contribution in [0, 0.1) is 11.3 Å². The van der Waals surface area contributed by atoms with Crippen LogP contribution < -0.4 is 5.32 Å². The lowest BCUT2D eigenvalue weighted by Crippen LogP contribution is -2.40. The first-order valence-corrected chi connectivity index (χ1v) is 9.69. The molecular formula is C24H16N2O4. The summed E-state index contributed by atoms with van der Waals surface area (Å²) in [5.74, 6) is -1.52. The molecule has 0 bridgehead atoms. The van der Waals surface area contributed by atoms with E-state index in [1.165, 1.54) is 18.2 Å². The fraction of sp³-hybridized carbons (Fsp3) is 0.167. The number of hydrogen-bond acceptors (Lipinski definition) is 6. The zero-order valence-electron chi connectivity index (χ0n) is 15.9. The molecule has 2 aromatic rings. The fourth-order valence-electron chi connectivity index (χ4n) is 4.54. The first-order valence-electron chi connectivity index (χ1n) is 9.69. The highest BCUT2D eigenvalue weighted by Gasteiger charge is 2.44. The summed E-state index contributed by atoms with van der Waals surface area (Å²) in [4.78, 5) is 39.6. The molecule has 0 saturated carbocycles. The van der Waals surface area contributed by atoms with Gasteiger partial charge in [0.1, 0.15) is 5.75 Å². The summed E-state index contributed by atoms with van der Waals surface area (Å²) in [7, 11) is 0. The number of fused-ring (bicyclic) bond motifs is 1. The largest absolute Gasteiger partial charge is 0.508 e. The minimum atomic E-state index is -0.671. The first-order chi connectivity index (χ1) is 14.5. The molecule has 5 rings (SSSR count). The number of nitrogens with one attached hydrogen (secondary N) is 1. The van der Waals surface area contributed by atoms with E-state index in [2.05, 4.69) is 11.4 Å². The average Bonchev–Trinajstić information content (AvgIpc) is 2.76. The molecule has 1 atom stereocenters. The Bertz CT molecular complexity index is 1260. The van der Waals surface area contributed by atoms with Gasteiger partial charge in [0.25, 0.3) is 0 Å². The van der Waals surface area contributed by atoms with Crippen LogP contribution in [0.3, 0.4) is 0 Å². The van der Waals surface area contributed by atoms with E-state index in [0.29, 0.717) is 41.7 Å². The quantitative estimate of drug-likeness (QED) is 0.766. The summed E-state index contributed by atoms with van der Waals surface area (Å²) in [6.07, 6.45) is 1.67. The number of rotatable bonds is 1. The van der Waals surface area contributed by atoms with Crippen molar-refractivity contribution in [2.24, 2.45) is 0 Å². The predicted octanol–water partition coefficient (Wildman–Crippen LogP) is 3.29. The van der Waals surface area contributed by atoms with E-state index >= 15 is 0 Å². The van der Waals surface area contributed by atoms with Crippen molar-refractivity contribution in [3.8, 4) is 11.8 Å². The summed E-state index contributed by atoms with van der Waals surface area (Å²) in [5, 5.41) is 22.0. The van der Waals surface area contributed by atoms with Crippen LogP contribution in [-0.2, 0) is 4.79 Å². The Balaban J connectivity index is 1.75. The van der Waals surface area contributed by atoms with Crippen molar-refractivity contribution in [3.63, 3.8) is 0 Å². The summed E-state index contributed by atoms with van der Waals surface area (Å²) >= 11 is 0. The normalized spacial score (nSPS) is 20.2. The zero-order valence-corrected chi connectivity index (χ0v) is 15.9. The van der Waals surface area contributed by atoms with Crippen LogP contribution in [0.25, 0.3) is 0 Å². The number of Topliss-reactive ketones (excluding diaryl/α,β-unsaturated/α-hetero) is 3. The van der Waals surface area contributed by atoms with Crippen LogP contribution in [-0.4, -0.2) is 22.5 Å². The number of hydrogen-bond donors (Lipinski definition) is 2. The number of aromatic hydroxyl groups is 1. The molecule has 6 nitrogen and oxygen atoms in total. The van der Waals surface area contributed by atoms with E-state index in [1.54, 1.807) is 24.3 Å². The second-order valence-corrected chi connectivity index (χ2v) is 7.64. The molecule has 2 aliphatic carbocycles. The second kappa shape index (κ2) is 6.53. The molecule has 3 aliphatic rings. The number of phenols is 1. The van der Waals surface area contributed by atoms with Crippen molar-refractivity contribution < 1.29 is 19.5 Å². The van der Waals surface area contributed by atoms with E-state index in [0.717, 1.165) is 0 Å². The molecule has 2 aromatic carbocycles. The van der Waals surface area contributed by atoms with Gasteiger partial charge in [-0.25, -0.2) is 0 Å². The highest BCUT2D eigenvalue weighted by Crippen LogP contribution is 2.46. The molecule has 0 spiro atoms. The maximum Gasteiger partial charge on any atom is 0.210 e. The molecule has 6 heteroatoms. The van der Waals surface area contributed by atoms with E-state index < -0.39 is 5.92 Å². The number of carbonyl (C=O) groups is 3. The molecule has 1 heterocycles. The van der Waals surface area contributed by atoms with Crippen molar-refractivity contribution in [2.75, 3.05) is 0 Å². The number of nitrogens with zero attached hydrogens (tertiary/aromatic N) is 1. The molecule has 0 radical (unpaired) electrons. The van der Waals surface area contributed by atoms with Gasteiger partial charge >= 0.3 is 0 Å². The van der Waals surface area contributed by atoms with Crippen LogP contribution in [0.4, 0.5) is 0 Å². The van der Waals surface area contributed by atoms with Crippen LogP contribution in [0.1, 0.15) is 57.0 Å². The van der Waals surface area contributed by atoms with Gasteiger partial charge in [0.15, 0.2) is 11.6 Å². The van der Waals surface area contributed by atoms with E-state index in [4.69, 9.17) is 5.26 Å². The molecule has 0 saturated heterocycles. The minimum Gasteiger partial charge on any atom is -0.508 e. The number of benzene rings is 2. The highest BCUT2D eigenvalue weighted by atomic mass is 16.3. The van der Waals surface area contributed by atoms with Gasteiger partial charge in [0.05, 0.1) is 17.3 Å². The van der Waals surface area contributed by atoms with Crippen LogP contribution >= 0.6 is 0 Å². The number of phenolic OH excluding ortho intramolecular Hbond substituents is 1. The van der Waals surface area contributed by atoms with Gasteiger partial charge in [-0.1, -0.05) is 12.1 Å². The Labute approximate surface area is 172 Å². The first kappa shape index (κ1) is 18.1. The second-order valence-electron chi connectivity index (χ2n) is 7.64. The smallest absolute Gasteiger partial charge is 0.210 e. The lowest BCUT2D eigenvalue weighted by atomic mass is 9.70. The minimum absolute atomic E-state index is 0.0404. The average molecular weight is 396 g/mol. The third-order valence-electron chi connectivity index (χ3n) is 5.92. The molecule has 0 fully saturated rings. The topological polar surface area (TPSA) is 107 Å². The van der Waals surface area contributed by atoms with Crippen molar-refractivity contribution in [1.82, 2.24) is 5.32 Å². The van der Waals surface area contributed by atoms with Crippen molar-refractivity contribution in [1.29, 1.82) is 5.26 Å². The molecule has 0 aromatic heterocycles. The molecule has 30 heavy (non-hydrogen) atoms. The number of dihydropyridines is 1. The third-order valence-corrected chi connectivity index (χ3v) is 5.92. The van der Waals surface area contributed by atoms with Gasteiger partial charge in [-0.2, -0.15) is 5.26 Å². The molecular weight excluding hydrogens is 380 g/mol. The summed E-state index contributed by atoms with van der Waals surface area (Å²) in [6.45, 7) is 0. The van der Waals surface area contributed by atoms with Gasteiger partial charge in [-0.3, -0.25) is 14.4 Å². The fourth-order valence-corrected chi connectivity index (χ4v) is 4.54. The van der Waals surface area contributed by atoms with Crippen molar-refractivity contribution >= 4 is 17.3 Å². The maximum atomic E-state index is 13.5. The van der Waals surface area contributed by atoms with Gasteiger partial charge < -0.3 is 10.4 Å². The molecule has 0 amide bonds. The monoisotopic (exact) mass is 396 g/mol. The molecule has 1 unspecified atom stereocenters. The highest BCUT2D eigenvalue weighted by molar-refractivity contribution is 6.28. The Kier molecular flexibility index (Phi) is 3.93. The van der Waals surface area contributed by atoms with Crippen LogP contribution in [0.5, 0.6) is 5.75 Å². The van der Waals surface area contributed by atoms with Gasteiger partial charge in [-0.15, -0.1) is 0 Å². The number of allylic oxidation sites excluding steroid dienone is 4. The summed E-state index contributed by atoms with van der Waals surface area (Å²) in [6, 6.07) is 12.9. The Hall–Kier alpha value is -3.98. The summed E-state index contributed by atoms with van der Waals surface area (Å²) < 4.78 is 0. The SMILES string of the molecule is N#Cc1ccc(C2C3=C(CCCC3=O)NC3=C2C(=O)c2ccc(O)cc2C3=O)cc1. The number of nitriles is 1. The van der Waals surface area contributed by atoms with Crippen molar-refractivity contribution in [3.05, 3.63) is 87.3 Å². The van der Waals surface area contributed by atoms with Crippen LogP contribution in [0.15, 0.2) is 65.0 Å². The van der Waals surface area contributed by atoms with Crippen LogP contribution in [0.2, 0.25) is 0 Å². The third kappa shape index (κ3) is 2.52. The Morgan fingerprint density at radius 1 is 0.933 bits per heavy atom. The Morgan fingerprint density at radius 3 is 2.43 bits per heavy atom.